The number of aromatic nitrogens is 1. The van der Waals surface area contributed by atoms with Gasteiger partial charge in [0, 0.05) is 11.9 Å². The van der Waals surface area contributed by atoms with E-state index in [0.29, 0.717) is 6.54 Å². The topological polar surface area (TPSA) is 45.1 Å². The van der Waals surface area contributed by atoms with Crippen LogP contribution in [0.25, 0.3) is 0 Å². The van der Waals surface area contributed by atoms with E-state index >= 15 is 0 Å². The predicted molar refractivity (Wildman–Crippen MR) is 63.8 cm³/mol. The maximum atomic E-state index is 9.96. The van der Waals surface area contributed by atoms with Crippen molar-refractivity contribution < 1.29 is 5.11 Å². The molecule has 2 N–H and O–H groups in total. The van der Waals surface area contributed by atoms with Crippen molar-refractivity contribution in [2.45, 2.75) is 26.4 Å². The van der Waals surface area contributed by atoms with Crippen LogP contribution in [0, 0.1) is 5.92 Å². The van der Waals surface area contributed by atoms with Crippen LogP contribution < -0.4 is 5.32 Å². The smallest absolute Gasteiger partial charge is 0.183 e. The molecule has 1 atom stereocenters. The Bertz CT molecular complexity index is 299. The molecule has 0 aliphatic heterocycles. The van der Waals surface area contributed by atoms with Crippen LogP contribution in [0.4, 0.5) is 5.13 Å². The minimum absolute atomic E-state index is 0.221. The summed E-state index contributed by atoms with van der Waals surface area (Å²) >= 11 is 4.80. The third-order valence-electron chi connectivity index (χ3n) is 2.32. The van der Waals surface area contributed by atoms with Gasteiger partial charge >= 0.3 is 0 Å². The van der Waals surface area contributed by atoms with Gasteiger partial charge in [-0.25, -0.2) is 4.98 Å². The van der Waals surface area contributed by atoms with Crippen LogP contribution in [-0.2, 0) is 0 Å². The molecule has 1 aromatic heterocycles. The zero-order valence-electron chi connectivity index (χ0n) is 8.54. The number of hydrogen-bond donors (Lipinski definition) is 2. The largest absolute Gasteiger partial charge is 0.388 e. The Hall–Kier alpha value is -0.130. The molecule has 0 aliphatic rings. The number of hydrogen-bond acceptors (Lipinski definition) is 4. The minimum Gasteiger partial charge on any atom is -0.388 e. The van der Waals surface area contributed by atoms with Crippen LogP contribution in [-0.4, -0.2) is 22.2 Å². The van der Waals surface area contributed by atoms with Crippen molar-refractivity contribution >= 4 is 32.4 Å². The third kappa shape index (κ3) is 3.22. The molecule has 0 saturated carbocycles. The molecule has 1 unspecified atom stereocenters. The molecule has 1 heterocycles. The lowest BCUT2D eigenvalue weighted by Crippen LogP contribution is -2.38. The van der Waals surface area contributed by atoms with E-state index < -0.39 is 5.60 Å². The Kier molecular flexibility index (Phi) is 3.92. The van der Waals surface area contributed by atoms with Gasteiger partial charge in [0.05, 0.1) is 5.60 Å². The molecule has 0 amide bonds. The maximum absolute atomic E-state index is 9.96. The monoisotopic (exact) mass is 278 g/mol. The molecule has 5 heteroatoms. The maximum Gasteiger partial charge on any atom is 0.183 e. The summed E-state index contributed by atoms with van der Waals surface area (Å²) < 4.78 is 0.828. The van der Waals surface area contributed by atoms with Crippen molar-refractivity contribution in [1.82, 2.24) is 4.98 Å². The molecular weight excluding hydrogens is 264 g/mol. The highest BCUT2D eigenvalue weighted by Gasteiger charge is 2.24. The normalized spacial score (nSPS) is 15.6. The zero-order valence-corrected chi connectivity index (χ0v) is 10.9. The van der Waals surface area contributed by atoms with Gasteiger partial charge in [0.25, 0.3) is 0 Å². The third-order valence-corrected chi connectivity index (χ3v) is 3.83. The van der Waals surface area contributed by atoms with Gasteiger partial charge in [-0.15, -0.1) is 11.3 Å². The fourth-order valence-electron chi connectivity index (χ4n) is 0.794. The summed E-state index contributed by atoms with van der Waals surface area (Å²) in [6, 6.07) is 0. The summed E-state index contributed by atoms with van der Waals surface area (Å²) in [6.07, 6.45) is 0. The number of halogens is 1. The fraction of sp³-hybridized carbons (Fsp3) is 0.667. The van der Waals surface area contributed by atoms with Crippen molar-refractivity contribution in [1.29, 1.82) is 0 Å². The lowest BCUT2D eigenvalue weighted by molar-refractivity contribution is 0.0266. The second-order valence-corrected chi connectivity index (χ2v) is 5.51. The molecule has 1 aromatic rings. The highest BCUT2D eigenvalue weighted by molar-refractivity contribution is 9.10. The van der Waals surface area contributed by atoms with Crippen molar-refractivity contribution in [2.24, 2.45) is 5.92 Å². The minimum atomic E-state index is -0.696. The van der Waals surface area contributed by atoms with Crippen LogP contribution in [0.1, 0.15) is 20.8 Å². The Morgan fingerprint density at radius 3 is 2.79 bits per heavy atom. The summed E-state index contributed by atoms with van der Waals surface area (Å²) in [5.41, 5.74) is -0.696. The van der Waals surface area contributed by atoms with Gasteiger partial charge in [-0.2, -0.15) is 0 Å². The summed E-state index contributed by atoms with van der Waals surface area (Å²) in [5.74, 6) is 0.221. The van der Waals surface area contributed by atoms with E-state index in [2.05, 4.69) is 26.2 Å². The Labute approximate surface area is 96.7 Å². The molecule has 1 rings (SSSR count). The van der Waals surface area contributed by atoms with E-state index in [4.69, 9.17) is 0 Å². The van der Waals surface area contributed by atoms with Crippen molar-refractivity contribution in [3.8, 4) is 0 Å². The number of aliphatic hydroxyl groups is 1. The first-order valence-electron chi connectivity index (χ1n) is 4.49. The number of nitrogens with one attached hydrogen (secondary N) is 1. The Morgan fingerprint density at radius 2 is 2.36 bits per heavy atom. The van der Waals surface area contributed by atoms with E-state index in [1.165, 1.54) is 11.3 Å². The second kappa shape index (κ2) is 4.59. The molecule has 80 valence electrons. The molecule has 14 heavy (non-hydrogen) atoms. The number of rotatable bonds is 4. The van der Waals surface area contributed by atoms with Crippen LogP contribution in [0.5, 0.6) is 0 Å². The fourth-order valence-corrected chi connectivity index (χ4v) is 1.94. The van der Waals surface area contributed by atoms with Crippen LogP contribution in [0.15, 0.2) is 9.98 Å². The first kappa shape index (κ1) is 11.9. The molecule has 0 radical (unpaired) electrons. The average molecular weight is 279 g/mol. The Balaban J connectivity index is 2.48. The summed E-state index contributed by atoms with van der Waals surface area (Å²) in [4.78, 5) is 4.19. The quantitative estimate of drug-likeness (QED) is 0.890. The van der Waals surface area contributed by atoms with Crippen LogP contribution >= 0.6 is 27.3 Å². The average Bonchev–Trinajstić information content (AvgIpc) is 2.48. The van der Waals surface area contributed by atoms with E-state index in [0.717, 1.165) is 9.73 Å². The van der Waals surface area contributed by atoms with Crippen molar-refractivity contribution in [2.75, 3.05) is 11.9 Å². The molecule has 0 saturated heterocycles. The molecule has 0 aromatic carbocycles. The van der Waals surface area contributed by atoms with Gasteiger partial charge in [0.1, 0.15) is 4.60 Å². The summed E-state index contributed by atoms with van der Waals surface area (Å²) in [6.45, 7) is 6.34. The summed E-state index contributed by atoms with van der Waals surface area (Å²) in [7, 11) is 0. The van der Waals surface area contributed by atoms with Crippen molar-refractivity contribution in [3.05, 3.63) is 9.98 Å². The number of anilines is 1. The second-order valence-electron chi connectivity index (χ2n) is 3.84. The lowest BCUT2D eigenvalue weighted by atomic mass is 9.93. The zero-order chi connectivity index (χ0) is 10.8. The molecular formula is C9H15BrN2OS. The highest BCUT2D eigenvalue weighted by atomic mass is 79.9. The molecule has 3 nitrogen and oxygen atoms in total. The lowest BCUT2D eigenvalue weighted by Gasteiger charge is -2.27. The number of thiazole rings is 1. The van der Waals surface area contributed by atoms with Gasteiger partial charge in [-0.1, -0.05) is 13.8 Å². The van der Waals surface area contributed by atoms with E-state index in [9.17, 15) is 5.11 Å². The Morgan fingerprint density at radius 1 is 1.71 bits per heavy atom. The molecule has 0 fully saturated rings. The number of nitrogens with zero attached hydrogens (tertiary/aromatic N) is 1. The standard InChI is InChI=1S/C9H15BrN2OS/c1-6(2)9(3,13)5-11-8-12-7(10)4-14-8/h4,6,13H,5H2,1-3H3,(H,11,12). The SMILES string of the molecule is CC(C)C(C)(O)CNc1nc(Br)cs1. The van der Waals surface area contributed by atoms with Crippen molar-refractivity contribution in [3.63, 3.8) is 0 Å². The van der Waals surface area contributed by atoms with Gasteiger partial charge in [-0.05, 0) is 28.8 Å². The molecule has 0 spiro atoms. The van der Waals surface area contributed by atoms with Gasteiger partial charge < -0.3 is 10.4 Å². The highest BCUT2D eigenvalue weighted by Crippen LogP contribution is 2.22. The predicted octanol–water partition coefficient (Wildman–Crippen LogP) is 2.72. The van der Waals surface area contributed by atoms with E-state index in [1.807, 2.05) is 26.2 Å². The van der Waals surface area contributed by atoms with Crippen LogP contribution in [0.3, 0.4) is 0 Å². The van der Waals surface area contributed by atoms with Gasteiger partial charge in [0.2, 0.25) is 0 Å². The first-order chi connectivity index (χ1) is 6.42. The van der Waals surface area contributed by atoms with Gasteiger partial charge in [-0.3, -0.25) is 0 Å². The van der Waals surface area contributed by atoms with Crippen LogP contribution in [0.2, 0.25) is 0 Å². The van der Waals surface area contributed by atoms with E-state index in [1.54, 1.807) is 0 Å². The van der Waals surface area contributed by atoms with E-state index in [-0.39, 0.29) is 5.92 Å². The first-order valence-corrected chi connectivity index (χ1v) is 6.16. The molecule has 0 bridgehead atoms. The van der Waals surface area contributed by atoms with Gasteiger partial charge in [0.15, 0.2) is 5.13 Å². The summed E-state index contributed by atoms with van der Waals surface area (Å²) in [5, 5.41) is 15.8. The molecule has 0 aliphatic carbocycles.